The highest BCUT2D eigenvalue weighted by molar-refractivity contribution is 7.20. The molecule has 0 radical (unpaired) electrons. The second kappa shape index (κ2) is 8.21. The zero-order chi connectivity index (χ0) is 20.4. The van der Waals surface area contributed by atoms with Crippen LogP contribution >= 0.6 is 11.3 Å². The Morgan fingerprint density at radius 3 is 2.62 bits per heavy atom. The largest absolute Gasteiger partial charge is 0.321 e. The number of fused-ring (bicyclic) bond motifs is 1. The van der Waals surface area contributed by atoms with E-state index in [0.717, 1.165) is 33.7 Å². The average molecular weight is 404 g/mol. The molecule has 0 fully saturated rings. The van der Waals surface area contributed by atoms with Crippen molar-refractivity contribution in [2.24, 2.45) is 0 Å². The molecule has 1 N–H and O–H groups in total. The van der Waals surface area contributed by atoms with Gasteiger partial charge in [-0.15, -0.1) is 11.3 Å². The lowest BCUT2D eigenvalue weighted by molar-refractivity contribution is 0.103. The molecule has 2 heterocycles. The van der Waals surface area contributed by atoms with Gasteiger partial charge in [0.25, 0.3) is 5.91 Å². The van der Waals surface area contributed by atoms with E-state index in [9.17, 15) is 4.79 Å². The first-order valence-corrected chi connectivity index (χ1v) is 10.8. The highest BCUT2D eigenvalue weighted by atomic mass is 32.1. The first-order valence-electron chi connectivity index (χ1n) is 10.0. The smallest absolute Gasteiger partial charge is 0.265 e. The van der Waals surface area contributed by atoms with Crippen LogP contribution in [0, 0.1) is 13.8 Å². The molecule has 5 heteroatoms. The van der Waals surface area contributed by atoms with Gasteiger partial charge in [-0.1, -0.05) is 37.6 Å². The molecule has 1 amide bonds. The van der Waals surface area contributed by atoms with E-state index in [1.54, 1.807) is 0 Å². The summed E-state index contributed by atoms with van der Waals surface area (Å²) in [6.45, 7) is 6.25. The predicted molar refractivity (Wildman–Crippen MR) is 121 cm³/mol. The summed E-state index contributed by atoms with van der Waals surface area (Å²) in [6, 6.07) is 18.3. The minimum Gasteiger partial charge on any atom is -0.321 e. The van der Waals surface area contributed by atoms with Crippen LogP contribution in [0.1, 0.15) is 46.3 Å². The molecule has 4 aromatic rings. The molecule has 0 saturated carbocycles. The van der Waals surface area contributed by atoms with Gasteiger partial charge in [0.05, 0.1) is 16.3 Å². The molecule has 2 aromatic heterocycles. The molecule has 0 atom stereocenters. The van der Waals surface area contributed by atoms with Gasteiger partial charge in [0, 0.05) is 11.1 Å². The number of hydrogen-bond donors (Lipinski definition) is 1. The van der Waals surface area contributed by atoms with Crippen LogP contribution in [-0.2, 0) is 6.42 Å². The lowest BCUT2D eigenvalue weighted by Gasteiger charge is -2.06. The number of carbonyl (C=O) groups excluding carboxylic acids is 1. The quantitative estimate of drug-likeness (QED) is 0.411. The Morgan fingerprint density at radius 1 is 1.10 bits per heavy atom. The molecular formula is C24H25N3OS. The van der Waals surface area contributed by atoms with E-state index in [-0.39, 0.29) is 5.91 Å². The molecule has 4 rings (SSSR count). The van der Waals surface area contributed by atoms with E-state index in [4.69, 9.17) is 0 Å². The number of nitrogens with one attached hydrogen (secondary N) is 1. The Kier molecular flexibility index (Phi) is 5.49. The second-order valence-electron chi connectivity index (χ2n) is 7.42. The number of aromatic nitrogens is 2. The van der Waals surface area contributed by atoms with E-state index in [1.165, 1.54) is 35.3 Å². The molecule has 0 saturated heterocycles. The van der Waals surface area contributed by atoms with Crippen LogP contribution in [0.4, 0.5) is 5.69 Å². The molecular weight excluding hydrogens is 378 g/mol. The third kappa shape index (κ3) is 4.10. The standard InChI is InChI=1S/C24H25N3OS/c1-4-5-8-18-10-12-19(13-11-18)25-23(28)22-15-21-17(3)26-27(24(21)29-22)20-9-6-7-16(2)14-20/h6-7,9-15H,4-5,8H2,1-3H3,(H,25,28). The fourth-order valence-corrected chi connectivity index (χ4v) is 4.50. The minimum atomic E-state index is -0.0808. The maximum absolute atomic E-state index is 12.8. The van der Waals surface area contributed by atoms with Gasteiger partial charge in [0.1, 0.15) is 4.83 Å². The van der Waals surface area contributed by atoms with Crippen molar-refractivity contribution in [1.82, 2.24) is 9.78 Å². The van der Waals surface area contributed by atoms with Crippen molar-refractivity contribution < 1.29 is 4.79 Å². The van der Waals surface area contributed by atoms with Crippen molar-refractivity contribution in [2.45, 2.75) is 40.0 Å². The number of unbranched alkanes of at least 4 members (excludes halogenated alkanes) is 1. The van der Waals surface area contributed by atoms with Crippen molar-refractivity contribution in [3.05, 3.63) is 76.3 Å². The van der Waals surface area contributed by atoms with Crippen LogP contribution in [0.15, 0.2) is 54.6 Å². The van der Waals surface area contributed by atoms with Gasteiger partial charge in [0.2, 0.25) is 0 Å². The number of benzene rings is 2. The normalized spacial score (nSPS) is 11.1. The van der Waals surface area contributed by atoms with Gasteiger partial charge in [-0.2, -0.15) is 5.10 Å². The Labute approximate surface area is 175 Å². The van der Waals surface area contributed by atoms with Crippen LogP contribution in [0.25, 0.3) is 15.9 Å². The van der Waals surface area contributed by atoms with Crippen molar-refractivity contribution in [3.63, 3.8) is 0 Å². The summed E-state index contributed by atoms with van der Waals surface area (Å²) < 4.78 is 1.93. The number of hydrogen-bond acceptors (Lipinski definition) is 3. The third-order valence-corrected chi connectivity index (χ3v) is 6.15. The lowest BCUT2D eigenvalue weighted by Crippen LogP contribution is -2.10. The molecule has 0 spiro atoms. The van der Waals surface area contributed by atoms with Crippen LogP contribution in [0.2, 0.25) is 0 Å². The van der Waals surface area contributed by atoms with Gasteiger partial charge in [-0.25, -0.2) is 4.68 Å². The number of aryl methyl sites for hydroxylation is 3. The van der Waals surface area contributed by atoms with E-state index in [2.05, 4.69) is 48.5 Å². The summed E-state index contributed by atoms with van der Waals surface area (Å²) in [5.74, 6) is -0.0808. The van der Waals surface area contributed by atoms with Crippen molar-refractivity contribution in [2.75, 3.05) is 5.32 Å². The van der Waals surface area contributed by atoms with Crippen LogP contribution in [0.3, 0.4) is 0 Å². The fourth-order valence-electron chi connectivity index (χ4n) is 3.42. The predicted octanol–water partition coefficient (Wildman–Crippen LogP) is 6.30. The number of rotatable bonds is 6. The van der Waals surface area contributed by atoms with E-state index >= 15 is 0 Å². The van der Waals surface area contributed by atoms with Gasteiger partial charge >= 0.3 is 0 Å². The zero-order valence-electron chi connectivity index (χ0n) is 17.0. The van der Waals surface area contributed by atoms with Crippen molar-refractivity contribution >= 4 is 33.1 Å². The van der Waals surface area contributed by atoms with E-state index in [1.807, 2.05) is 41.9 Å². The summed E-state index contributed by atoms with van der Waals surface area (Å²) in [7, 11) is 0. The molecule has 148 valence electrons. The van der Waals surface area contributed by atoms with Crippen LogP contribution in [-0.4, -0.2) is 15.7 Å². The number of anilines is 1. The number of amides is 1. The summed E-state index contributed by atoms with van der Waals surface area (Å²) >= 11 is 1.48. The third-order valence-electron chi connectivity index (χ3n) is 5.05. The minimum absolute atomic E-state index is 0.0808. The fraction of sp³-hybridized carbons (Fsp3) is 0.250. The summed E-state index contributed by atoms with van der Waals surface area (Å²) in [6.07, 6.45) is 3.45. The molecule has 29 heavy (non-hydrogen) atoms. The average Bonchev–Trinajstić information content (AvgIpc) is 3.28. The Bertz CT molecular complexity index is 1150. The lowest BCUT2D eigenvalue weighted by atomic mass is 10.1. The second-order valence-corrected chi connectivity index (χ2v) is 8.45. The molecule has 0 aliphatic carbocycles. The topological polar surface area (TPSA) is 46.9 Å². The number of thiophene rings is 1. The van der Waals surface area contributed by atoms with Crippen LogP contribution in [0.5, 0.6) is 0 Å². The molecule has 0 unspecified atom stereocenters. The SMILES string of the molecule is CCCCc1ccc(NC(=O)c2cc3c(C)nn(-c4cccc(C)c4)c3s2)cc1. The molecule has 0 aliphatic heterocycles. The molecule has 2 aromatic carbocycles. The Hall–Kier alpha value is -2.92. The molecule has 4 nitrogen and oxygen atoms in total. The van der Waals surface area contributed by atoms with Crippen molar-refractivity contribution in [1.29, 1.82) is 0 Å². The maximum Gasteiger partial charge on any atom is 0.265 e. The Balaban J connectivity index is 1.58. The highest BCUT2D eigenvalue weighted by Gasteiger charge is 2.17. The summed E-state index contributed by atoms with van der Waals surface area (Å²) in [5.41, 5.74) is 5.25. The summed E-state index contributed by atoms with van der Waals surface area (Å²) in [4.78, 5) is 14.5. The first kappa shape index (κ1) is 19.4. The maximum atomic E-state index is 12.8. The molecule has 0 aliphatic rings. The van der Waals surface area contributed by atoms with Crippen LogP contribution < -0.4 is 5.32 Å². The van der Waals surface area contributed by atoms with Gasteiger partial charge in [-0.05, 0) is 68.1 Å². The molecule has 0 bridgehead atoms. The first-order chi connectivity index (χ1) is 14.0. The number of carbonyl (C=O) groups is 1. The highest BCUT2D eigenvalue weighted by Crippen LogP contribution is 2.31. The Morgan fingerprint density at radius 2 is 1.90 bits per heavy atom. The summed E-state index contributed by atoms with van der Waals surface area (Å²) in [5, 5.41) is 8.72. The monoisotopic (exact) mass is 403 g/mol. The van der Waals surface area contributed by atoms with E-state index < -0.39 is 0 Å². The van der Waals surface area contributed by atoms with Crippen molar-refractivity contribution in [3.8, 4) is 5.69 Å². The zero-order valence-corrected chi connectivity index (χ0v) is 17.8. The van der Waals surface area contributed by atoms with E-state index in [0.29, 0.717) is 4.88 Å². The van der Waals surface area contributed by atoms with Gasteiger partial charge < -0.3 is 5.32 Å². The van der Waals surface area contributed by atoms with Gasteiger partial charge in [-0.3, -0.25) is 4.79 Å². The number of nitrogens with zero attached hydrogens (tertiary/aromatic N) is 2. The van der Waals surface area contributed by atoms with Gasteiger partial charge in [0.15, 0.2) is 0 Å².